The molecular formula is C14H18BrNO5. The maximum absolute atomic E-state index is 12.6. The highest BCUT2D eigenvalue weighted by molar-refractivity contribution is 9.10. The topological polar surface area (TPSA) is 76.1 Å². The fourth-order valence-electron chi connectivity index (χ4n) is 1.86. The zero-order chi connectivity index (χ0) is 16.0. The third-order valence-electron chi connectivity index (χ3n) is 2.95. The van der Waals surface area contributed by atoms with Gasteiger partial charge in [0.25, 0.3) is 5.91 Å². The molecule has 6 nitrogen and oxygen atoms in total. The summed E-state index contributed by atoms with van der Waals surface area (Å²) in [6.07, 6.45) is -0.104. The van der Waals surface area contributed by atoms with Gasteiger partial charge in [-0.15, -0.1) is 0 Å². The minimum atomic E-state index is -0.944. The molecular weight excluding hydrogens is 342 g/mol. The Bertz CT molecular complexity index is 532. The summed E-state index contributed by atoms with van der Waals surface area (Å²) in [5.41, 5.74) is 0.330. The highest BCUT2D eigenvalue weighted by Crippen LogP contribution is 2.34. The fraction of sp³-hybridized carbons (Fsp3) is 0.429. The Hall–Kier alpha value is -1.76. The number of halogens is 1. The second-order valence-electron chi connectivity index (χ2n) is 4.22. The van der Waals surface area contributed by atoms with Crippen LogP contribution in [0.2, 0.25) is 0 Å². The monoisotopic (exact) mass is 359 g/mol. The van der Waals surface area contributed by atoms with Gasteiger partial charge in [-0.2, -0.15) is 0 Å². The Kier molecular flexibility index (Phi) is 6.48. The number of methoxy groups -OCH3 is 2. The van der Waals surface area contributed by atoms with E-state index in [0.717, 1.165) is 0 Å². The maximum Gasteiger partial charge on any atom is 0.305 e. The molecule has 0 radical (unpaired) electrons. The molecule has 1 rings (SSSR count). The van der Waals surface area contributed by atoms with Gasteiger partial charge in [-0.25, -0.2) is 0 Å². The highest BCUT2D eigenvalue weighted by Gasteiger charge is 2.22. The van der Waals surface area contributed by atoms with E-state index in [4.69, 9.17) is 14.6 Å². The predicted octanol–water partition coefficient (Wildman–Crippen LogP) is 2.40. The van der Waals surface area contributed by atoms with Crippen LogP contribution in [0.25, 0.3) is 0 Å². The Morgan fingerprint density at radius 1 is 1.29 bits per heavy atom. The average Bonchev–Trinajstić information content (AvgIpc) is 2.46. The summed E-state index contributed by atoms with van der Waals surface area (Å²) in [6, 6.07) is 3.28. The summed E-state index contributed by atoms with van der Waals surface area (Å²) in [5, 5.41) is 8.75. The van der Waals surface area contributed by atoms with E-state index in [9.17, 15) is 9.59 Å². The zero-order valence-electron chi connectivity index (χ0n) is 12.2. The van der Waals surface area contributed by atoms with Crippen LogP contribution in [0.1, 0.15) is 23.7 Å². The quantitative estimate of drug-likeness (QED) is 0.808. The Labute approximate surface area is 131 Å². The molecule has 0 bridgehead atoms. The van der Waals surface area contributed by atoms with Crippen LogP contribution in [0.5, 0.6) is 11.5 Å². The molecule has 0 heterocycles. The van der Waals surface area contributed by atoms with Crippen LogP contribution in [0.3, 0.4) is 0 Å². The molecule has 0 aliphatic rings. The number of ether oxygens (including phenoxy) is 2. The maximum atomic E-state index is 12.6. The van der Waals surface area contributed by atoms with E-state index in [1.807, 2.05) is 0 Å². The van der Waals surface area contributed by atoms with Gasteiger partial charge in [-0.1, -0.05) is 0 Å². The first-order chi connectivity index (χ1) is 9.94. The molecule has 21 heavy (non-hydrogen) atoms. The van der Waals surface area contributed by atoms with Crippen LogP contribution in [0.4, 0.5) is 0 Å². The molecule has 0 saturated carbocycles. The Morgan fingerprint density at radius 3 is 2.43 bits per heavy atom. The largest absolute Gasteiger partial charge is 0.497 e. The van der Waals surface area contributed by atoms with E-state index in [1.54, 1.807) is 19.1 Å². The first-order valence-corrected chi connectivity index (χ1v) is 7.16. The van der Waals surface area contributed by atoms with Gasteiger partial charge in [0.2, 0.25) is 0 Å². The van der Waals surface area contributed by atoms with Crippen molar-refractivity contribution in [3.05, 3.63) is 22.2 Å². The van der Waals surface area contributed by atoms with Gasteiger partial charge in [0.1, 0.15) is 11.5 Å². The Balaban J connectivity index is 3.14. The third kappa shape index (κ3) is 4.35. The summed E-state index contributed by atoms with van der Waals surface area (Å²) >= 11 is 3.33. The van der Waals surface area contributed by atoms with Crippen molar-refractivity contribution < 1.29 is 24.2 Å². The first-order valence-electron chi connectivity index (χ1n) is 6.37. The zero-order valence-corrected chi connectivity index (χ0v) is 13.8. The molecule has 0 unspecified atom stereocenters. The van der Waals surface area contributed by atoms with Crippen LogP contribution in [0.15, 0.2) is 16.6 Å². The second-order valence-corrected chi connectivity index (χ2v) is 5.07. The number of rotatable bonds is 7. The lowest BCUT2D eigenvalue weighted by molar-refractivity contribution is -0.137. The van der Waals surface area contributed by atoms with E-state index in [-0.39, 0.29) is 18.9 Å². The van der Waals surface area contributed by atoms with Gasteiger partial charge in [0.05, 0.1) is 30.7 Å². The second kappa shape index (κ2) is 7.87. The van der Waals surface area contributed by atoms with Gasteiger partial charge in [-0.3, -0.25) is 9.59 Å². The van der Waals surface area contributed by atoms with Crippen LogP contribution in [-0.4, -0.2) is 49.2 Å². The lowest BCUT2D eigenvalue weighted by atomic mass is 10.1. The number of hydrogen-bond donors (Lipinski definition) is 1. The fourth-order valence-corrected chi connectivity index (χ4v) is 2.46. The number of carboxylic acids is 1. The van der Waals surface area contributed by atoms with Gasteiger partial charge < -0.3 is 19.5 Å². The predicted molar refractivity (Wildman–Crippen MR) is 81.1 cm³/mol. The van der Waals surface area contributed by atoms with Crippen molar-refractivity contribution in [1.82, 2.24) is 4.90 Å². The van der Waals surface area contributed by atoms with Crippen molar-refractivity contribution in [3.8, 4) is 11.5 Å². The van der Waals surface area contributed by atoms with E-state index in [0.29, 0.717) is 28.1 Å². The molecule has 1 amide bonds. The van der Waals surface area contributed by atoms with E-state index in [1.165, 1.54) is 19.1 Å². The van der Waals surface area contributed by atoms with Crippen molar-refractivity contribution in [3.63, 3.8) is 0 Å². The molecule has 1 N–H and O–H groups in total. The highest BCUT2D eigenvalue weighted by atomic mass is 79.9. The molecule has 0 fully saturated rings. The summed E-state index contributed by atoms with van der Waals surface area (Å²) in [4.78, 5) is 24.7. The van der Waals surface area contributed by atoms with Crippen molar-refractivity contribution in [2.45, 2.75) is 13.3 Å². The van der Waals surface area contributed by atoms with Crippen molar-refractivity contribution in [2.75, 3.05) is 27.3 Å². The number of carbonyl (C=O) groups is 2. The van der Waals surface area contributed by atoms with E-state index < -0.39 is 5.97 Å². The lowest BCUT2D eigenvalue weighted by Gasteiger charge is -2.22. The number of benzene rings is 1. The van der Waals surface area contributed by atoms with Gasteiger partial charge in [-0.05, 0) is 35.0 Å². The lowest BCUT2D eigenvalue weighted by Crippen LogP contribution is -2.33. The number of carbonyl (C=O) groups excluding carboxylic acids is 1. The van der Waals surface area contributed by atoms with Crippen LogP contribution >= 0.6 is 15.9 Å². The standard InChI is InChI=1S/C14H18BrNO5/c1-4-16(6-5-12(17)18)14(19)10-7-9(20-2)8-11(15)13(10)21-3/h7-8H,4-6H2,1-3H3,(H,17,18). The number of carboxylic acid groups (broad SMARTS) is 1. The molecule has 116 valence electrons. The SMILES string of the molecule is CCN(CCC(=O)O)C(=O)c1cc(OC)cc(Br)c1OC. The number of aliphatic carboxylic acids is 1. The molecule has 0 aliphatic carbocycles. The average molecular weight is 360 g/mol. The number of nitrogens with zero attached hydrogens (tertiary/aromatic N) is 1. The van der Waals surface area contributed by atoms with Gasteiger partial charge in [0, 0.05) is 13.1 Å². The Morgan fingerprint density at radius 2 is 1.95 bits per heavy atom. The molecule has 0 aliphatic heterocycles. The van der Waals surface area contributed by atoms with Crippen molar-refractivity contribution in [2.24, 2.45) is 0 Å². The van der Waals surface area contributed by atoms with Crippen LogP contribution in [-0.2, 0) is 4.79 Å². The molecule has 0 atom stereocenters. The van der Waals surface area contributed by atoms with Crippen LogP contribution < -0.4 is 9.47 Å². The molecule has 0 spiro atoms. The smallest absolute Gasteiger partial charge is 0.305 e. The molecule has 0 saturated heterocycles. The van der Waals surface area contributed by atoms with E-state index >= 15 is 0 Å². The van der Waals surface area contributed by atoms with Gasteiger partial charge in [0.15, 0.2) is 0 Å². The molecule has 7 heteroatoms. The molecule has 1 aromatic rings. The van der Waals surface area contributed by atoms with Gasteiger partial charge >= 0.3 is 5.97 Å². The summed E-state index contributed by atoms with van der Waals surface area (Å²) in [6.45, 7) is 2.34. The van der Waals surface area contributed by atoms with Crippen molar-refractivity contribution >= 4 is 27.8 Å². The molecule has 1 aromatic carbocycles. The first kappa shape index (κ1) is 17.3. The minimum absolute atomic E-state index is 0.104. The summed E-state index contributed by atoms with van der Waals surface area (Å²) < 4.78 is 11.0. The molecule has 0 aromatic heterocycles. The van der Waals surface area contributed by atoms with Crippen molar-refractivity contribution in [1.29, 1.82) is 0 Å². The number of hydrogen-bond acceptors (Lipinski definition) is 4. The minimum Gasteiger partial charge on any atom is -0.497 e. The third-order valence-corrected chi connectivity index (χ3v) is 3.54. The summed E-state index contributed by atoms with van der Waals surface area (Å²) in [7, 11) is 2.97. The number of amides is 1. The van der Waals surface area contributed by atoms with Crippen LogP contribution in [0, 0.1) is 0 Å². The normalized spacial score (nSPS) is 10.1. The van der Waals surface area contributed by atoms with E-state index in [2.05, 4.69) is 15.9 Å². The summed E-state index contributed by atoms with van der Waals surface area (Å²) in [5.74, 6) is -0.329.